The summed E-state index contributed by atoms with van der Waals surface area (Å²) in [4.78, 5) is 28.5. The van der Waals surface area contributed by atoms with Crippen molar-refractivity contribution in [1.29, 1.82) is 0 Å². The second-order valence-corrected chi connectivity index (χ2v) is 33.3. The van der Waals surface area contributed by atoms with Crippen LogP contribution in [0, 0.1) is 0 Å². The van der Waals surface area contributed by atoms with Gasteiger partial charge in [-0.05, 0) is 137 Å². The van der Waals surface area contributed by atoms with Crippen molar-refractivity contribution < 1.29 is 27.6 Å². The molecule has 0 bridgehead atoms. The molecular formula is C110H74BClN6O6. The zero-order valence-corrected chi connectivity index (χ0v) is 68.6. The van der Waals surface area contributed by atoms with Crippen LogP contribution in [0.4, 0.5) is 0 Å². The smallest absolute Gasteiger partial charge is 0.457 e. The van der Waals surface area contributed by atoms with Crippen LogP contribution in [0.2, 0.25) is 5.28 Å². The highest BCUT2D eigenvalue weighted by atomic mass is 35.5. The highest BCUT2D eigenvalue weighted by Gasteiger charge is 2.55. The minimum Gasteiger partial charge on any atom is -0.457 e. The molecule has 5 aliphatic rings. The van der Waals surface area contributed by atoms with Crippen molar-refractivity contribution in [3.05, 3.63) is 426 Å². The molecule has 16 aromatic carbocycles. The van der Waals surface area contributed by atoms with E-state index in [1.807, 2.05) is 121 Å². The Morgan fingerprint density at radius 3 is 0.984 bits per heavy atom. The van der Waals surface area contributed by atoms with Crippen LogP contribution in [0.5, 0.6) is 23.0 Å². The third-order valence-corrected chi connectivity index (χ3v) is 25.7. The average molecular weight is 1620 g/mol. The predicted molar refractivity (Wildman–Crippen MR) is 494 cm³/mol. The molecule has 124 heavy (non-hydrogen) atoms. The number of aromatic nitrogens is 6. The predicted octanol–water partition coefficient (Wildman–Crippen LogP) is 26.8. The lowest BCUT2D eigenvalue weighted by Gasteiger charge is -2.39. The van der Waals surface area contributed by atoms with Crippen molar-refractivity contribution in [1.82, 2.24) is 29.9 Å². The Labute approximate surface area is 720 Å². The van der Waals surface area contributed by atoms with Crippen LogP contribution in [0.15, 0.2) is 385 Å². The third-order valence-electron chi connectivity index (χ3n) is 25.5. The van der Waals surface area contributed by atoms with E-state index in [-0.39, 0.29) is 5.28 Å². The van der Waals surface area contributed by atoms with E-state index in [9.17, 15) is 0 Å². The van der Waals surface area contributed by atoms with E-state index in [1.165, 1.54) is 50.1 Å². The second kappa shape index (κ2) is 29.1. The first kappa shape index (κ1) is 74.1. The summed E-state index contributed by atoms with van der Waals surface area (Å²) in [5.41, 5.74) is 26.0. The van der Waals surface area contributed by atoms with Gasteiger partial charge < -0.3 is 27.6 Å². The summed E-state index contributed by atoms with van der Waals surface area (Å²) >= 11 is 6.21. The van der Waals surface area contributed by atoms with Gasteiger partial charge in [0.2, 0.25) is 5.28 Å². The van der Waals surface area contributed by atoms with Gasteiger partial charge in [0.15, 0.2) is 29.1 Å². The quantitative estimate of drug-likeness (QED) is 0.134. The van der Waals surface area contributed by atoms with Crippen LogP contribution in [0.25, 0.3) is 145 Å². The molecule has 7 heterocycles. The molecule has 1 fully saturated rings. The van der Waals surface area contributed by atoms with Gasteiger partial charge in [-0.2, -0.15) is 9.97 Å². The number of hydrogen-bond acceptors (Lipinski definition) is 12. The number of nitrogens with zero attached hydrogens (tertiary/aromatic N) is 6. The van der Waals surface area contributed by atoms with Crippen LogP contribution in [0.1, 0.15) is 72.2 Å². The van der Waals surface area contributed by atoms with Gasteiger partial charge in [0.1, 0.15) is 45.3 Å². The molecule has 590 valence electrons. The topological polar surface area (TPSA) is 141 Å². The molecule has 0 N–H and O–H groups in total. The molecule has 12 nitrogen and oxygen atoms in total. The van der Waals surface area contributed by atoms with Gasteiger partial charge in [-0.1, -0.05) is 340 Å². The van der Waals surface area contributed by atoms with Crippen LogP contribution in [0.3, 0.4) is 0 Å². The Hall–Kier alpha value is -15.0. The summed E-state index contributed by atoms with van der Waals surface area (Å²) in [6.45, 7) is 8.33. The van der Waals surface area contributed by atoms with Crippen LogP contribution in [-0.4, -0.2) is 48.2 Å². The summed E-state index contributed by atoms with van der Waals surface area (Å²) in [5, 5.41) is 4.62. The fourth-order valence-corrected chi connectivity index (χ4v) is 19.3. The molecule has 14 heteroatoms. The molecule has 0 amide bonds. The van der Waals surface area contributed by atoms with E-state index in [2.05, 4.69) is 297 Å². The number of halogens is 1. The molecule has 1 saturated heterocycles. The summed E-state index contributed by atoms with van der Waals surface area (Å²) in [6, 6.07) is 130. The Balaban J connectivity index is 0.000000114. The molecule has 20 aromatic rings. The first-order valence-electron chi connectivity index (χ1n) is 41.7. The lowest BCUT2D eigenvalue weighted by molar-refractivity contribution is 0.00578. The molecule has 0 atom stereocenters. The first-order chi connectivity index (χ1) is 60.8. The number of para-hydroxylation sites is 6. The van der Waals surface area contributed by atoms with E-state index in [0.29, 0.717) is 29.1 Å². The number of furan rings is 2. The zero-order valence-electron chi connectivity index (χ0n) is 67.9. The van der Waals surface area contributed by atoms with E-state index in [1.54, 1.807) is 0 Å². The van der Waals surface area contributed by atoms with Gasteiger partial charge in [0, 0.05) is 82.7 Å². The lowest BCUT2D eigenvalue weighted by Crippen LogP contribution is -2.41. The SMILES string of the molecule is CC1(C)OB(c2ccc3c(c2)Oc2ccccc2C32c3ccccc3-c3ccccc32)OC1(C)C.Clc1nc(-c2ccccc2)nc(-c2ccc(-c3cccc4c3oc3ccccc34)cc2)n1.c1ccc(-c2nc(-c3ccc(-c4cccc5c4oc4ccccc45)cc3)nc(-c3ccc4c(c3)Oc3ccccc3C43c4ccccc4-c4ccccc43)n2)cc1. The van der Waals surface area contributed by atoms with E-state index < -0.39 is 29.2 Å². The molecule has 2 spiro atoms. The Bertz CT molecular complexity index is 7580. The van der Waals surface area contributed by atoms with E-state index in [4.69, 9.17) is 54.2 Å². The molecule has 25 rings (SSSR count). The Kier molecular flexibility index (Phi) is 17.4. The number of hydrogen-bond donors (Lipinski definition) is 0. The number of rotatable bonds is 8. The fourth-order valence-electron chi connectivity index (χ4n) is 19.1. The second-order valence-electron chi connectivity index (χ2n) is 32.9. The van der Waals surface area contributed by atoms with Crippen LogP contribution < -0.4 is 14.9 Å². The lowest BCUT2D eigenvalue weighted by atomic mass is 9.65. The maximum absolute atomic E-state index is 6.81. The van der Waals surface area contributed by atoms with Crippen molar-refractivity contribution >= 4 is 68.1 Å². The molecule has 0 saturated carbocycles. The standard InChI is InChI=1S/C52H31N3O2.C31H27BO3.C27H16ClN3O/c1-2-13-33(14-3-1)49-53-50(34-27-25-32(26-28-34)36-18-12-19-40-39-17-6-10-23-45(39)57-48(36)40)55-51(54-49)35-29-30-44-47(31-35)56-46-24-11-9-22-43(46)52(44)41-20-7-4-15-37(41)38-16-5-8-21-42(38)52;1-29(2)30(3,4)35-32(34-29)20-17-18-26-28(19-20)33-27-16-10-9-15-25(27)31(26)23-13-7-5-11-21(23)22-12-6-8-14-24(22)31;28-27-30-25(18-7-2-1-3-8-18)29-26(31-27)19-15-13-17(14-16-19)20-10-6-11-22-21-9-4-5-12-23(21)32-24(20)22/h1-31H;5-19H,1-4H3;1-16H. The largest absolute Gasteiger partial charge is 0.494 e. The van der Waals surface area contributed by atoms with Gasteiger partial charge in [-0.25, -0.2) is 19.9 Å². The van der Waals surface area contributed by atoms with E-state index in [0.717, 1.165) is 139 Å². The normalized spacial score (nSPS) is 14.5. The summed E-state index contributed by atoms with van der Waals surface area (Å²) < 4.78 is 38.7. The van der Waals surface area contributed by atoms with Crippen molar-refractivity contribution in [3.63, 3.8) is 0 Å². The van der Waals surface area contributed by atoms with Crippen LogP contribution in [-0.2, 0) is 20.1 Å². The summed E-state index contributed by atoms with van der Waals surface area (Å²) in [5.74, 6) is 6.21. The Morgan fingerprint density at radius 2 is 0.548 bits per heavy atom. The first-order valence-corrected chi connectivity index (χ1v) is 42.1. The summed E-state index contributed by atoms with van der Waals surface area (Å²) in [7, 11) is -0.440. The van der Waals surface area contributed by atoms with Crippen molar-refractivity contribution in [2.45, 2.75) is 49.7 Å². The number of benzene rings is 16. The minimum atomic E-state index is -0.538. The highest BCUT2D eigenvalue weighted by Crippen LogP contribution is 2.64. The molecule has 4 aromatic heterocycles. The highest BCUT2D eigenvalue weighted by molar-refractivity contribution is 6.62. The third kappa shape index (κ3) is 11.9. The maximum Gasteiger partial charge on any atom is 0.494 e. The van der Waals surface area contributed by atoms with Crippen molar-refractivity contribution in [2.75, 3.05) is 0 Å². The molecular weight excluding hydrogens is 1550 g/mol. The summed E-state index contributed by atoms with van der Waals surface area (Å²) in [6.07, 6.45) is 0. The van der Waals surface area contributed by atoms with Crippen molar-refractivity contribution in [2.24, 2.45) is 0 Å². The average Bonchev–Trinajstić information content (AvgIpc) is 1.50. The van der Waals surface area contributed by atoms with Crippen LogP contribution >= 0.6 is 11.6 Å². The molecule has 2 aliphatic carbocycles. The zero-order chi connectivity index (χ0) is 83.0. The van der Waals surface area contributed by atoms with Crippen molar-refractivity contribution in [3.8, 4) is 124 Å². The van der Waals surface area contributed by atoms with E-state index >= 15 is 0 Å². The number of fused-ring (bicyclic) bond motifs is 24. The van der Waals surface area contributed by atoms with Gasteiger partial charge >= 0.3 is 7.12 Å². The monoisotopic (exact) mass is 1620 g/mol. The maximum atomic E-state index is 6.81. The Morgan fingerprint density at radius 1 is 0.242 bits per heavy atom. The molecule has 0 unspecified atom stereocenters. The fraction of sp³-hybridized carbons (Fsp3) is 0.0727. The molecule has 3 aliphatic heterocycles. The van der Waals surface area contributed by atoms with Gasteiger partial charge in [0.05, 0.1) is 22.0 Å². The van der Waals surface area contributed by atoms with Gasteiger partial charge in [0.25, 0.3) is 0 Å². The van der Waals surface area contributed by atoms with Gasteiger partial charge in [-0.3, -0.25) is 0 Å². The van der Waals surface area contributed by atoms with Gasteiger partial charge in [-0.15, -0.1) is 0 Å². The minimum absolute atomic E-state index is 0.171. The molecule has 0 radical (unpaired) electrons. The number of ether oxygens (including phenoxy) is 2.